The first-order valence-electron chi connectivity index (χ1n) is 6.50. The summed E-state index contributed by atoms with van der Waals surface area (Å²) in [6, 6.07) is 15.9. The molecular weight excluding hydrogens is 404 g/mol. The highest BCUT2D eigenvalue weighted by Crippen LogP contribution is 2.27. The van der Waals surface area contributed by atoms with Crippen LogP contribution in [-0.4, -0.2) is 32.4 Å². The van der Waals surface area contributed by atoms with Crippen LogP contribution in [0.15, 0.2) is 60.7 Å². The molecule has 0 aliphatic heterocycles. The molecule has 4 N–H and O–H groups in total. The number of aliphatic hydroxyl groups is 2. The summed E-state index contributed by atoms with van der Waals surface area (Å²) in [5, 5.41) is 33.4. The largest absolute Gasteiger partial charge is 0.478 e. The van der Waals surface area contributed by atoms with Crippen molar-refractivity contribution < 1.29 is 30.0 Å². The number of carbonyl (C=O) groups is 2. The van der Waals surface area contributed by atoms with Gasteiger partial charge in [-0.05, 0) is 15.9 Å². The number of hydrogen-bond acceptors (Lipinski definition) is 4. The molecule has 0 saturated carbocycles. The van der Waals surface area contributed by atoms with Crippen molar-refractivity contribution in [1.29, 1.82) is 0 Å². The minimum atomic E-state index is -2.32. The topological polar surface area (TPSA) is 115 Å². The zero-order valence-electron chi connectivity index (χ0n) is 12.1. The van der Waals surface area contributed by atoms with Gasteiger partial charge in [-0.25, -0.2) is 9.59 Å². The molecule has 0 fully saturated rings. The molecule has 2 aromatic carbocycles. The predicted molar refractivity (Wildman–Crippen MR) is 90.7 cm³/mol. The first kappa shape index (κ1) is 20.1. The first-order chi connectivity index (χ1) is 11.1. The molecule has 2 atom stereocenters. The first-order valence-corrected chi connectivity index (χ1v) is 7.67. The third-order valence-corrected chi connectivity index (χ3v) is 4.06. The highest BCUT2D eigenvalue weighted by molar-refractivity contribution is 9.10. The van der Waals surface area contributed by atoms with E-state index in [2.05, 4.69) is 15.9 Å². The molecule has 0 bridgehead atoms. The standard InChI is InChI=1S/C8H7BrO3.C8H7ClO3/c2*9-8(12,7(10)11)6-4-2-1-3-5-6/h2*1-5,12H,(H,10,11). The molecule has 0 radical (unpaired) electrons. The fourth-order valence-electron chi connectivity index (χ4n) is 1.56. The van der Waals surface area contributed by atoms with Crippen molar-refractivity contribution in [3.8, 4) is 0 Å². The fourth-order valence-corrected chi connectivity index (χ4v) is 1.96. The van der Waals surface area contributed by atoms with Crippen molar-refractivity contribution in [2.45, 2.75) is 9.57 Å². The average molecular weight is 418 g/mol. The highest BCUT2D eigenvalue weighted by atomic mass is 79.9. The lowest BCUT2D eigenvalue weighted by Crippen LogP contribution is -2.28. The third kappa shape index (κ3) is 5.04. The lowest BCUT2D eigenvalue weighted by atomic mass is 10.1. The maximum Gasteiger partial charge on any atom is 0.356 e. The monoisotopic (exact) mass is 416 g/mol. The van der Waals surface area contributed by atoms with E-state index in [1.165, 1.54) is 24.3 Å². The molecule has 2 unspecified atom stereocenters. The van der Waals surface area contributed by atoms with Gasteiger partial charge in [0.25, 0.3) is 5.06 Å². The van der Waals surface area contributed by atoms with E-state index < -0.39 is 21.5 Å². The van der Waals surface area contributed by atoms with Gasteiger partial charge in [0.05, 0.1) is 0 Å². The predicted octanol–water partition coefficient (Wildman–Crippen LogP) is 2.47. The van der Waals surface area contributed by atoms with E-state index >= 15 is 0 Å². The quantitative estimate of drug-likeness (QED) is 0.568. The average Bonchev–Trinajstić information content (AvgIpc) is 2.56. The van der Waals surface area contributed by atoms with Gasteiger partial charge in [0.2, 0.25) is 4.51 Å². The summed E-state index contributed by atoms with van der Waals surface area (Å²) in [6.07, 6.45) is 0. The number of carboxylic acid groups (broad SMARTS) is 2. The Labute approximate surface area is 151 Å². The van der Waals surface area contributed by atoms with Gasteiger partial charge in [0.15, 0.2) is 0 Å². The molecular formula is C16H14BrClO6. The van der Waals surface area contributed by atoms with E-state index in [9.17, 15) is 19.8 Å². The zero-order chi connectivity index (χ0) is 18.4. The van der Waals surface area contributed by atoms with E-state index in [1.807, 2.05) is 0 Å². The second-order valence-corrected chi connectivity index (χ2v) is 6.28. The lowest BCUT2D eigenvalue weighted by molar-refractivity contribution is -0.151. The molecule has 128 valence electrons. The molecule has 8 heteroatoms. The number of carboxylic acids is 2. The Morgan fingerprint density at radius 2 is 1.17 bits per heavy atom. The van der Waals surface area contributed by atoms with Crippen molar-refractivity contribution in [1.82, 2.24) is 0 Å². The highest BCUT2D eigenvalue weighted by Gasteiger charge is 2.35. The maximum absolute atomic E-state index is 10.5. The van der Waals surface area contributed by atoms with Crippen molar-refractivity contribution in [2.24, 2.45) is 0 Å². The van der Waals surface area contributed by atoms with Gasteiger partial charge in [0, 0.05) is 11.1 Å². The number of alkyl halides is 2. The van der Waals surface area contributed by atoms with Crippen molar-refractivity contribution in [2.75, 3.05) is 0 Å². The van der Waals surface area contributed by atoms with Crippen molar-refractivity contribution >= 4 is 39.5 Å². The Hall–Kier alpha value is -1.93. The molecule has 0 amide bonds. The number of rotatable bonds is 4. The summed E-state index contributed by atoms with van der Waals surface area (Å²) in [7, 11) is 0. The van der Waals surface area contributed by atoms with E-state index in [1.54, 1.807) is 36.4 Å². The van der Waals surface area contributed by atoms with Crippen LogP contribution >= 0.6 is 27.5 Å². The molecule has 0 spiro atoms. The number of halogens is 2. The van der Waals surface area contributed by atoms with E-state index in [0.717, 1.165) is 0 Å². The molecule has 2 rings (SSSR count). The summed E-state index contributed by atoms with van der Waals surface area (Å²) in [5.41, 5.74) is 0.455. The third-order valence-electron chi connectivity index (χ3n) is 2.88. The van der Waals surface area contributed by atoms with Gasteiger partial charge >= 0.3 is 11.9 Å². The summed E-state index contributed by atoms with van der Waals surface area (Å²) in [5.74, 6) is -2.80. The van der Waals surface area contributed by atoms with Gasteiger partial charge in [0.1, 0.15) is 0 Å². The second-order valence-electron chi connectivity index (χ2n) is 4.59. The van der Waals surface area contributed by atoms with Gasteiger partial charge in [-0.2, -0.15) is 0 Å². The molecule has 0 aromatic heterocycles. The van der Waals surface area contributed by atoms with Gasteiger partial charge in [-0.15, -0.1) is 0 Å². The summed E-state index contributed by atoms with van der Waals surface area (Å²) in [6.45, 7) is 0. The summed E-state index contributed by atoms with van der Waals surface area (Å²) >= 11 is 8.06. The Balaban J connectivity index is 0.000000240. The van der Waals surface area contributed by atoms with E-state index in [-0.39, 0.29) is 5.56 Å². The van der Waals surface area contributed by atoms with Crippen LogP contribution < -0.4 is 0 Å². The fraction of sp³-hybridized carbons (Fsp3) is 0.125. The normalized spacial score (nSPS) is 15.2. The SMILES string of the molecule is O=C(O)C(O)(Br)c1ccccc1.O=C(O)C(O)(Cl)c1ccccc1. The van der Waals surface area contributed by atoms with Crippen molar-refractivity contribution in [3.05, 3.63) is 71.8 Å². The van der Waals surface area contributed by atoms with Crippen LogP contribution in [0.2, 0.25) is 0 Å². The van der Waals surface area contributed by atoms with Crippen LogP contribution in [0.1, 0.15) is 11.1 Å². The Bertz CT molecular complexity index is 627. The van der Waals surface area contributed by atoms with Crippen LogP contribution in [0.4, 0.5) is 0 Å². The van der Waals surface area contributed by atoms with Gasteiger partial charge in [-0.3, -0.25) is 0 Å². The minimum Gasteiger partial charge on any atom is -0.478 e. The number of hydrogen-bond donors (Lipinski definition) is 4. The van der Waals surface area contributed by atoms with Gasteiger partial charge in [-0.1, -0.05) is 72.3 Å². The maximum atomic E-state index is 10.5. The molecule has 0 aliphatic carbocycles. The second kappa shape index (κ2) is 8.25. The molecule has 6 nitrogen and oxygen atoms in total. The molecule has 24 heavy (non-hydrogen) atoms. The summed E-state index contributed by atoms with van der Waals surface area (Å²) in [4.78, 5) is 21.0. The van der Waals surface area contributed by atoms with Gasteiger partial charge < -0.3 is 20.4 Å². The van der Waals surface area contributed by atoms with Crippen molar-refractivity contribution in [3.63, 3.8) is 0 Å². The Kier molecular flexibility index (Phi) is 6.92. The Morgan fingerprint density at radius 1 is 0.792 bits per heavy atom. The van der Waals surface area contributed by atoms with E-state index in [0.29, 0.717) is 5.56 Å². The Morgan fingerprint density at radius 3 is 1.50 bits per heavy atom. The van der Waals surface area contributed by atoms with Crippen LogP contribution in [0.25, 0.3) is 0 Å². The van der Waals surface area contributed by atoms with Crippen LogP contribution in [-0.2, 0) is 19.2 Å². The minimum absolute atomic E-state index is 0.152. The number of aliphatic carboxylic acids is 2. The molecule has 2 aromatic rings. The molecule has 0 aliphatic rings. The van der Waals surface area contributed by atoms with E-state index in [4.69, 9.17) is 21.8 Å². The van der Waals surface area contributed by atoms with Crippen LogP contribution in [0.5, 0.6) is 0 Å². The summed E-state index contributed by atoms with van der Waals surface area (Å²) < 4.78 is -1.98. The molecule has 0 saturated heterocycles. The zero-order valence-corrected chi connectivity index (χ0v) is 14.5. The smallest absolute Gasteiger partial charge is 0.356 e. The number of benzene rings is 2. The van der Waals surface area contributed by atoms with Crippen LogP contribution in [0.3, 0.4) is 0 Å². The van der Waals surface area contributed by atoms with Crippen LogP contribution in [0, 0.1) is 0 Å². The molecule has 0 heterocycles. The lowest BCUT2D eigenvalue weighted by Gasteiger charge is -2.15.